The zero-order valence-corrected chi connectivity index (χ0v) is 18.2. The van der Waals surface area contributed by atoms with Gasteiger partial charge in [0.05, 0.1) is 24.6 Å². The normalized spacial score (nSPS) is 25.7. The molecule has 3 atom stereocenters. The molecule has 1 saturated heterocycles. The van der Waals surface area contributed by atoms with E-state index < -0.39 is 30.0 Å². The summed E-state index contributed by atoms with van der Waals surface area (Å²) in [4.78, 5) is 27.0. The molecular formula is C24H26F3NO5. The number of alkyl halides is 3. The van der Waals surface area contributed by atoms with Gasteiger partial charge in [-0.1, -0.05) is 30.4 Å². The Labute approximate surface area is 190 Å². The van der Waals surface area contributed by atoms with Gasteiger partial charge in [0.2, 0.25) is 5.91 Å². The lowest BCUT2D eigenvalue weighted by molar-refractivity contribution is -0.179. The number of methoxy groups -OCH3 is 1. The van der Waals surface area contributed by atoms with E-state index in [-0.39, 0.29) is 30.5 Å². The lowest BCUT2D eigenvalue weighted by atomic mass is 9.81. The molecule has 2 unspecified atom stereocenters. The molecule has 178 valence electrons. The fourth-order valence-electron chi connectivity index (χ4n) is 4.69. The number of hydrogen-bond donors (Lipinski definition) is 0. The van der Waals surface area contributed by atoms with Gasteiger partial charge < -0.3 is 19.1 Å². The van der Waals surface area contributed by atoms with Crippen molar-refractivity contribution in [1.29, 1.82) is 0 Å². The predicted octanol–water partition coefficient (Wildman–Crippen LogP) is 3.91. The van der Waals surface area contributed by atoms with Crippen molar-refractivity contribution in [3.8, 4) is 5.75 Å². The molecule has 1 aromatic rings. The number of carbonyl (C=O) groups excluding carboxylic acids is 2. The molecule has 2 heterocycles. The highest BCUT2D eigenvalue weighted by molar-refractivity contribution is 5.90. The molecule has 33 heavy (non-hydrogen) atoms. The van der Waals surface area contributed by atoms with E-state index in [0.717, 1.165) is 6.08 Å². The van der Waals surface area contributed by atoms with Crippen molar-refractivity contribution in [2.75, 3.05) is 26.9 Å². The van der Waals surface area contributed by atoms with Gasteiger partial charge >= 0.3 is 12.1 Å². The quantitative estimate of drug-likeness (QED) is 0.634. The summed E-state index contributed by atoms with van der Waals surface area (Å²) in [6, 6.07) is 3.90. The van der Waals surface area contributed by atoms with E-state index in [9.17, 15) is 22.8 Å². The minimum atomic E-state index is -4.46. The molecule has 0 bridgehead atoms. The van der Waals surface area contributed by atoms with Crippen LogP contribution in [0.3, 0.4) is 0 Å². The number of amides is 1. The van der Waals surface area contributed by atoms with E-state index in [0.29, 0.717) is 37.4 Å². The maximum atomic E-state index is 13.9. The molecule has 1 fully saturated rings. The number of benzene rings is 1. The van der Waals surface area contributed by atoms with Gasteiger partial charge in [0, 0.05) is 37.2 Å². The van der Waals surface area contributed by atoms with Gasteiger partial charge in [0.15, 0.2) is 0 Å². The topological polar surface area (TPSA) is 65.1 Å². The van der Waals surface area contributed by atoms with Crippen LogP contribution in [0.15, 0.2) is 42.5 Å². The number of fused-ring (bicyclic) bond motifs is 1. The fourth-order valence-corrected chi connectivity index (χ4v) is 4.69. The van der Waals surface area contributed by atoms with Crippen molar-refractivity contribution in [2.24, 2.45) is 17.8 Å². The number of esters is 1. The molecule has 0 saturated carbocycles. The van der Waals surface area contributed by atoms with Crippen molar-refractivity contribution < 1.29 is 37.0 Å². The summed E-state index contributed by atoms with van der Waals surface area (Å²) < 4.78 is 57.7. The molecule has 1 amide bonds. The highest BCUT2D eigenvalue weighted by Crippen LogP contribution is 2.41. The van der Waals surface area contributed by atoms with E-state index in [2.05, 4.69) is 0 Å². The van der Waals surface area contributed by atoms with E-state index in [1.54, 1.807) is 18.2 Å². The second kappa shape index (κ2) is 9.59. The second-order valence-corrected chi connectivity index (χ2v) is 8.46. The Balaban J connectivity index is 1.70. The van der Waals surface area contributed by atoms with Crippen LogP contribution in [0, 0.1) is 17.8 Å². The first-order chi connectivity index (χ1) is 15.8. The Morgan fingerprint density at radius 3 is 2.55 bits per heavy atom. The monoisotopic (exact) mass is 465 g/mol. The van der Waals surface area contributed by atoms with Gasteiger partial charge in [0.25, 0.3) is 0 Å². The van der Waals surface area contributed by atoms with Gasteiger partial charge in [-0.05, 0) is 25.0 Å². The van der Waals surface area contributed by atoms with Crippen molar-refractivity contribution in [3.05, 3.63) is 53.6 Å². The molecule has 0 radical (unpaired) electrons. The first kappa shape index (κ1) is 23.4. The Morgan fingerprint density at radius 1 is 1.12 bits per heavy atom. The van der Waals surface area contributed by atoms with Crippen LogP contribution in [0.5, 0.6) is 5.75 Å². The third-order valence-electron chi connectivity index (χ3n) is 6.49. The van der Waals surface area contributed by atoms with Crippen LogP contribution in [0.1, 0.15) is 28.8 Å². The van der Waals surface area contributed by atoms with Crippen molar-refractivity contribution >= 4 is 11.9 Å². The number of allylic oxidation sites excluding steroid dienone is 3. The zero-order chi connectivity index (χ0) is 23.6. The number of halogens is 3. The number of hydrogen-bond acceptors (Lipinski definition) is 5. The molecule has 1 aromatic carbocycles. The van der Waals surface area contributed by atoms with Crippen LogP contribution in [0.25, 0.3) is 0 Å². The van der Waals surface area contributed by atoms with Gasteiger partial charge in [-0.15, -0.1) is 0 Å². The summed E-state index contributed by atoms with van der Waals surface area (Å²) in [5.74, 6) is -3.41. The van der Waals surface area contributed by atoms with Crippen LogP contribution < -0.4 is 4.74 Å². The summed E-state index contributed by atoms with van der Waals surface area (Å²) in [5.41, 5.74) is 0.898. The Kier molecular flexibility index (Phi) is 6.78. The van der Waals surface area contributed by atoms with Gasteiger partial charge in [-0.3, -0.25) is 4.79 Å². The van der Waals surface area contributed by atoms with Crippen molar-refractivity contribution in [3.63, 3.8) is 0 Å². The Hall–Kier alpha value is -2.81. The van der Waals surface area contributed by atoms with Crippen molar-refractivity contribution in [2.45, 2.75) is 31.6 Å². The van der Waals surface area contributed by atoms with Gasteiger partial charge in [0.1, 0.15) is 12.4 Å². The first-order valence-electron chi connectivity index (χ1n) is 10.9. The van der Waals surface area contributed by atoms with Crippen LogP contribution >= 0.6 is 0 Å². The summed E-state index contributed by atoms with van der Waals surface area (Å²) in [5, 5.41) is 0. The molecule has 4 rings (SSSR count). The maximum Gasteiger partial charge on any atom is 0.395 e. The summed E-state index contributed by atoms with van der Waals surface area (Å²) >= 11 is 0. The molecule has 3 aliphatic rings. The Morgan fingerprint density at radius 2 is 1.85 bits per heavy atom. The van der Waals surface area contributed by atoms with Crippen LogP contribution in [-0.2, 0) is 20.8 Å². The summed E-state index contributed by atoms with van der Waals surface area (Å²) in [6.45, 7) is 0.863. The highest BCUT2D eigenvalue weighted by Gasteiger charge is 2.48. The van der Waals surface area contributed by atoms with Crippen molar-refractivity contribution in [1.82, 2.24) is 4.90 Å². The molecule has 0 spiro atoms. The average molecular weight is 465 g/mol. The van der Waals surface area contributed by atoms with E-state index >= 15 is 0 Å². The average Bonchev–Trinajstić information content (AvgIpc) is 3.02. The highest BCUT2D eigenvalue weighted by atomic mass is 19.4. The Bertz CT molecular complexity index is 952. The molecule has 0 N–H and O–H groups in total. The van der Waals surface area contributed by atoms with E-state index in [1.807, 2.05) is 0 Å². The SMILES string of the molecule is COC(=O)c1ccc2c(c1)OC[C@H](C1C=CC=CC1C(F)(F)F)N(C(=O)C1CCOCC1)C2. The van der Waals surface area contributed by atoms with E-state index in [4.69, 9.17) is 14.2 Å². The number of carbonyl (C=O) groups is 2. The molecular weight excluding hydrogens is 439 g/mol. The largest absolute Gasteiger partial charge is 0.491 e. The predicted molar refractivity (Wildman–Crippen MR) is 112 cm³/mol. The molecule has 6 nitrogen and oxygen atoms in total. The third-order valence-corrected chi connectivity index (χ3v) is 6.49. The lowest BCUT2D eigenvalue weighted by Gasteiger charge is -2.40. The third kappa shape index (κ3) is 4.93. The molecule has 9 heteroatoms. The summed E-state index contributed by atoms with van der Waals surface area (Å²) in [6.07, 6.45) is 2.20. The van der Waals surface area contributed by atoms with Gasteiger partial charge in [-0.2, -0.15) is 13.2 Å². The fraction of sp³-hybridized carbons (Fsp3) is 0.500. The molecule has 1 aliphatic carbocycles. The minimum Gasteiger partial charge on any atom is -0.491 e. The maximum absolute atomic E-state index is 13.9. The zero-order valence-electron chi connectivity index (χ0n) is 18.2. The minimum absolute atomic E-state index is 0.0935. The second-order valence-electron chi connectivity index (χ2n) is 8.46. The standard InChI is InChI=1S/C24H26F3NO5/c1-31-23(30)16-6-7-17-13-28(22(29)15-8-10-32-11-9-15)20(14-33-21(17)12-16)18-4-2-3-5-19(18)24(25,26)27/h2-7,12,15,18-20H,8-11,13-14H2,1H3/t18?,19?,20-/m1/s1. The van der Waals surface area contributed by atoms with Crippen LogP contribution in [0.4, 0.5) is 13.2 Å². The molecule has 2 aliphatic heterocycles. The van der Waals surface area contributed by atoms with Gasteiger partial charge in [-0.25, -0.2) is 4.79 Å². The first-order valence-corrected chi connectivity index (χ1v) is 10.9. The number of rotatable bonds is 3. The molecule has 0 aromatic heterocycles. The van der Waals surface area contributed by atoms with E-state index in [1.165, 1.54) is 30.2 Å². The lowest BCUT2D eigenvalue weighted by Crippen LogP contribution is -2.52. The number of nitrogens with zero attached hydrogens (tertiary/aromatic N) is 1. The van der Waals surface area contributed by atoms with Crippen LogP contribution in [-0.4, -0.2) is 55.9 Å². The summed E-state index contributed by atoms with van der Waals surface area (Å²) in [7, 11) is 1.26. The number of ether oxygens (including phenoxy) is 3. The van der Waals surface area contributed by atoms with Crippen LogP contribution in [0.2, 0.25) is 0 Å². The smallest absolute Gasteiger partial charge is 0.395 e.